The average molecular weight is 499 g/mol. The van der Waals surface area contributed by atoms with Crippen LogP contribution in [0.1, 0.15) is 59.4 Å². The fourth-order valence-corrected chi connectivity index (χ4v) is 4.39. The number of carbonyl (C=O) groups excluding carboxylic acids is 1. The first-order valence-electron chi connectivity index (χ1n) is 11.9. The zero-order valence-electron chi connectivity index (χ0n) is 22.5. The van der Waals surface area contributed by atoms with Crippen LogP contribution in [-0.4, -0.2) is 63.6 Å². The molecule has 0 saturated heterocycles. The van der Waals surface area contributed by atoms with Gasteiger partial charge in [0.1, 0.15) is 5.75 Å². The molecule has 3 atom stereocenters. The summed E-state index contributed by atoms with van der Waals surface area (Å²) in [5, 5.41) is 21.0. The summed E-state index contributed by atoms with van der Waals surface area (Å²) in [5.41, 5.74) is 0.600. The fourth-order valence-electron chi connectivity index (χ4n) is 3.22. The molecule has 0 radical (unpaired) electrons. The summed E-state index contributed by atoms with van der Waals surface area (Å²) < 4.78 is 22.7. The largest absolute Gasteiger partial charge is 0.497 e. The molecule has 0 bridgehead atoms. The van der Waals surface area contributed by atoms with Gasteiger partial charge in [0.25, 0.3) is 0 Å². The Morgan fingerprint density at radius 1 is 0.971 bits per heavy atom. The van der Waals surface area contributed by atoms with E-state index >= 15 is 0 Å². The molecule has 2 N–H and O–H groups in total. The SMILES string of the molecule is COC(=O)C[C@H](O)C[C@@H](O)C[C@H](OCc1ccc(OC)cc1)C(C)(C)CO[Si](C)(C)C(C)(C)C. The molecule has 1 aromatic carbocycles. The van der Waals surface area contributed by atoms with Gasteiger partial charge < -0.3 is 28.8 Å². The van der Waals surface area contributed by atoms with Crippen LogP contribution in [0.2, 0.25) is 18.1 Å². The molecule has 0 aliphatic rings. The lowest BCUT2D eigenvalue weighted by Gasteiger charge is -2.41. The summed E-state index contributed by atoms with van der Waals surface area (Å²) in [5.74, 6) is 0.272. The number of esters is 1. The second-order valence-electron chi connectivity index (χ2n) is 11.2. The highest BCUT2D eigenvalue weighted by atomic mass is 28.4. The molecule has 0 unspecified atom stereocenters. The van der Waals surface area contributed by atoms with Crippen molar-refractivity contribution in [2.75, 3.05) is 20.8 Å². The monoisotopic (exact) mass is 498 g/mol. The highest BCUT2D eigenvalue weighted by Crippen LogP contribution is 2.39. The first kappa shape index (κ1) is 30.6. The van der Waals surface area contributed by atoms with Crippen molar-refractivity contribution >= 4 is 14.3 Å². The minimum atomic E-state index is -1.97. The van der Waals surface area contributed by atoms with Gasteiger partial charge in [0.15, 0.2) is 8.32 Å². The zero-order chi connectivity index (χ0) is 26.2. The van der Waals surface area contributed by atoms with E-state index in [2.05, 4.69) is 52.4 Å². The summed E-state index contributed by atoms with van der Waals surface area (Å²) in [7, 11) is 0.935. The first-order chi connectivity index (χ1) is 15.6. The van der Waals surface area contributed by atoms with Crippen LogP contribution >= 0.6 is 0 Å². The molecule has 8 heteroatoms. The number of aliphatic hydroxyl groups excluding tert-OH is 2. The van der Waals surface area contributed by atoms with Crippen LogP contribution in [0.5, 0.6) is 5.75 Å². The van der Waals surface area contributed by atoms with Gasteiger partial charge in [0.2, 0.25) is 0 Å². The van der Waals surface area contributed by atoms with E-state index in [0.29, 0.717) is 19.6 Å². The molecule has 0 aliphatic carbocycles. The third-order valence-corrected chi connectivity index (χ3v) is 11.2. The Kier molecular flexibility index (Phi) is 11.7. The number of benzene rings is 1. The maximum atomic E-state index is 11.4. The topological polar surface area (TPSA) is 94.5 Å². The van der Waals surface area contributed by atoms with Crippen LogP contribution in [0.25, 0.3) is 0 Å². The molecular weight excluding hydrogens is 452 g/mol. The van der Waals surface area contributed by atoms with E-state index in [0.717, 1.165) is 11.3 Å². The highest BCUT2D eigenvalue weighted by molar-refractivity contribution is 6.74. The molecule has 1 rings (SSSR count). The second-order valence-corrected chi connectivity index (χ2v) is 16.1. The van der Waals surface area contributed by atoms with Crippen molar-refractivity contribution in [1.29, 1.82) is 0 Å². The predicted molar refractivity (Wildman–Crippen MR) is 136 cm³/mol. The summed E-state index contributed by atoms with van der Waals surface area (Å²) in [6.45, 7) is 16.1. The minimum Gasteiger partial charge on any atom is -0.497 e. The molecule has 0 saturated carbocycles. The number of hydrogen-bond donors (Lipinski definition) is 2. The molecule has 0 fully saturated rings. The van der Waals surface area contributed by atoms with Crippen LogP contribution < -0.4 is 4.74 Å². The summed E-state index contributed by atoms with van der Waals surface area (Å²) in [6, 6.07) is 7.67. The highest BCUT2D eigenvalue weighted by Gasteiger charge is 2.41. The zero-order valence-corrected chi connectivity index (χ0v) is 23.5. The normalized spacial score (nSPS) is 15.5. The van der Waals surface area contributed by atoms with Gasteiger partial charge >= 0.3 is 5.97 Å². The standard InChI is InChI=1S/C26H46O7Si/c1-25(2,3)34(8,9)33-18-26(4,5)23(15-20(27)14-21(28)16-24(29)31-7)32-17-19-10-12-22(30-6)13-11-19/h10-13,20-21,23,27-28H,14-18H2,1-9H3/t20-,21-,23+/m1/s1. The average Bonchev–Trinajstić information content (AvgIpc) is 2.74. The van der Waals surface area contributed by atoms with E-state index < -0.39 is 31.9 Å². The van der Waals surface area contributed by atoms with Crippen molar-refractivity contribution in [1.82, 2.24) is 0 Å². The number of rotatable bonds is 14. The van der Waals surface area contributed by atoms with Gasteiger partial charge in [-0.25, -0.2) is 0 Å². The third-order valence-electron chi connectivity index (χ3n) is 6.75. The van der Waals surface area contributed by atoms with E-state index in [-0.39, 0.29) is 24.0 Å². The molecule has 0 aliphatic heterocycles. The number of hydrogen-bond acceptors (Lipinski definition) is 7. The molecule has 0 aromatic heterocycles. The van der Waals surface area contributed by atoms with Crippen molar-refractivity contribution < 1.29 is 33.6 Å². The van der Waals surface area contributed by atoms with Gasteiger partial charge in [0, 0.05) is 18.4 Å². The quantitative estimate of drug-likeness (QED) is 0.284. The lowest BCUT2D eigenvalue weighted by molar-refractivity contribution is -0.143. The molecule has 7 nitrogen and oxygen atoms in total. The summed E-state index contributed by atoms with van der Waals surface area (Å²) in [6.07, 6.45) is -1.93. The van der Waals surface area contributed by atoms with Crippen molar-refractivity contribution in [3.8, 4) is 5.75 Å². The van der Waals surface area contributed by atoms with Gasteiger partial charge in [-0.1, -0.05) is 46.8 Å². The smallest absolute Gasteiger partial charge is 0.308 e. The molecule has 196 valence electrons. The van der Waals surface area contributed by atoms with Crippen LogP contribution in [0, 0.1) is 5.41 Å². The predicted octanol–water partition coefficient (Wildman–Crippen LogP) is 4.69. The van der Waals surface area contributed by atoms with Crippen molar-refractivity contribution in [2.45, 2.75) is 96.9 Å². The Bertz CT molecular complexity index is 741. The molecule has 0 amide bonds. The van der Waals surface area contributed by atoms with E-state index in [9.17, 15) is 15.0 Å². The van der Waals surface area contributed by atoms with Gasteiger partial charge in [0.05, 0.1) is 45.6 Å². The number of methoxy groups -OCH3 is 2. The molecule has 0 spiro atoms. The van der Waals surface area contributed by atoms with Gasteiger partial charge in [-0.3, -0.25) is 4.79 Å². The van der Waals surface area contributed by atoms with Gasteiger partial charge in [-0.15, -0.1) is 0 Å². The number of aliphatic hydroxyl groups is 2. The Hall–Kier alpha value is -1.45. The van der Waals surface area contributed by atoms with Crippen LogP contribution in [0.15, 0.2) is 24.3 Å². The third kappa shape index (κ3) is 10.0. The Labute approximate surface area is 206 Å². The van der Waals surface area contributed by atoms with Crippen LogP contribution in [-0.2, 0) is 25.3 Å². The van der Waals surface area contributed by atoms with Crippen molar-refractivity contribution in [3.63, 3.8) is 0 Å². The maximum absolute atomic E-state index is 11.4. The molecule has 34 heavy (non-hydrogen) atoms. The van der Waals surface area contributed by atoms with E-state index in [1.165, 1.54) is 7.11 Å². The van der Waals surface area contributed by atoms with Crippen LogP contribution in [0.4, 0.5) is 0 Å². The fraction of sp³-hybridized carbons (Fsp3) is 0.731. The summed E-state index contributed by atoms with van der Waals surface area (Å²) >= 11 is 0. The van der Waals surface area contributed by atoms with Crippen molar-refractivity contribution in [3.05, 3.63) is 29.8 Å². The molecular formula is C26H46O7Si. The maximum Gasteiger partial charge on any atom is 0.308 e. The summed E-state index contributed by atoms with van der Waals surface area (Å²) in [4.78, 5) is 11.4. The lowest BCUT2D eigenvalue weighted by atomic mass is 9.83. The van der Waals surface area contributed by atoms with E-state index in [1.807, 2.05) is 24.3 Å². The van der Waals surface area contributed by atoms with E-state index in [1.54, 1.807) is 7.11 Å². The van der Waals surface area contributed by atoms with Crippen LogP contribution in [0.3, 0.4) is 0 Å². The lowest BCUT2D eigenvalue weighted by Crippen LogP contribution is -2.46. The Morgan fingerprint density at radius 3 is 2.06 bits per heavy atom. The van der Waals surface area contributed by atoms with Crippen molar-refractivity contribution in [2.24, 2.45) is 5.41 Å². The Morgan fingerprint density at radius 2 is 1.56 bits per heavy atom. The number of carbonyl (C=O) groups is 1. The van der Waals surface area contributed by atoms with Gasteiger partial charge in [-0.2, -0.15) is 0 Å². The molecule has 0 heterocycles. The Balaban J connectivity index is 2.94. The molecule has 1 aromatic rings. The second kappa shape index (κ2) is 13.0. The minimum absolute atomic E-state index is 0.0661. The van der Waals surface area contributed by atoms with Gasteiger partial charge in [-0.05, 0) is 42.2 Å². The number of ether oxygens (including phenoxy) is 3. The first-order valence-corrected chi connectivity index (χ1v) is 14.8. The van der Waals surface area contributed by atoms with E-state index in [4.69, 9.17) is 13.9 Å².